The molecule has 2 heterocycles. The van der Waals surface area contributed by atoms with Gasteiger partial charge < -0.3 is 20.8 Å². The number of nitrogens with two attached hydrogens (primary N) is 1. The van der Waals surface area contributed by atoms with Gasteiger partial charge in [-0.05, 0) is 24.5 Å². The zero-order valence-electron chi connectivity index (χ0n) is 12.4. The third-order valence-electron chi connectivity index (χ3n) is 4.45. The SMILES string of the molecule is CC(O)C1C(=O)N2C(C(=O)O)=C(c3ccc(C(N)=S)cc3)CC12. The third-order valence-corrected chi connectivity index (χ3v) is 4.68. The lowest BCUT2D eigenvalue weighted by Gasteiger charge is -2.44. The molecule has 7 heteroatoms. The summed E-state index contributed by atoms with van der Waals surface area (Å²) in [7, 11) is 0. The number of benzene rings is 1. The number of aliphatic hydroxyl groups excluding tert-OH is 1. The standard InChI is InChI=1S/C16H16N2O4S/c1-7(19)12-11-6-10(13(16(21)22)18(11)15(12)20)8-2-4-9(5-3-8)14(17)23/h2-5,7,11-12,19H,6H2,1H3,(H2,17,23)(H,21,22). The van der Waals surface area contributed by atoms with E-state index in [-0.39, 0.29) is 22.6 Å². The van der Waals surface area contributed by atoms with Gasteiger partial charge >= 0.3 is 5.97 Å². The molecule has 0 saturated carbocycles. The van der Waals surface area contributed by atoms with E-state index in [0.29, 0.717) is 23.1 Å². The zero-order chi connectivity index (χ0) is 16.9. The fraction of sp³-hybridized carbons (Fsp3) is 0.312. The number of rotatable bonds is 4. The number of carbonyl (C=O) groups excluding carboxylic acids is 1. The maximum absolute atomic E-state index is 12.2. The van der Waals surface area contributed by atoms with Gasteiger partial charge in [0.1, 0.15) is 10.7 Å². The Morgan fingerprint density at radius 3 is 2.48 bits per heavy atom. The van der Waals surface area contributed by atoms with Gasteiger partial charge in [-0.15, -0.1) is 0 Å². The molecule has 3 unspecified atom stereocenters. The van der Waals surface area contributed by atoms with Crippen molar-refractivity contribution in [2.24, 2.45) is 11.7 Å². The van der Waals surface area contributed by atoms with Crippen LogP contribution < -0.4 is 5.73 Å². The Hall–Kier alpha value is -2.25. The van der Waals surface area contributed by atoms with Crippen molar-refractivity contribution in [1.29, 1.82) is 0 Å². The van der Waals surface area contributed by atoms with Crippen LogP contribution in [-0.2, 0) is 9.59 Å². The molecular weight excluding hydrogens is 316 g/mol. The van der Waals surface area contributed by atoms with Crippen molar-refractivity contribution in [2.75, 3.05) is 0 Å². The highest BCUT2D eigenvalue weighted by Crippen LogP contribution is 2.46. The van der Waals surface area contributed by atoms with Gasteiger partial charge in [-0.25, -0.2) is 4.79 Å². The zero-order valence-corrected chi connectivity index (χ0v) is 13.2. The Labute approximate surface area is 138 Å². The van der Waals surface area contributed by atoms with Gasteiger partial charge in [-0.3, -0.25) is 4.79 Å². The first kappa shape index (κ1) is 15.6. The van der Waals surface area contributed by atoms with Gasteiger partial charge in [0.2, 0.25) is 5.91 Å². The lowest BCUT2D eigenvalue weighted by atomic mass is 9.82. The third kappa shape index (κ3) is 2.32. The second-order valence-electron chi connectivity index (χ2n) is 5.82. The molecule has 2 aliphatic rings. The highest BCUT2D eigenvalue weighted by molar-refractivity contribution is 7.80. The van der Waals surface area contributed by atoms with E-state index in [1.54, 1.807) is 31.2 Å². The Bertz CT molecular complexity index is 739. The molecule has 0 aromatic heterocycles. The number of amides is 1. The van der Waals surface area contributed by atoms with E-state index >= 15 is 0 Å². The molecule has 1 saturated heterocycles. The predicted molar refractivity (Wildman–Crippen MR) is 87.3 cm³/mol. The number of hydrogen-bond acceptors (Lipinski definition) is 4. The Balaban J connectivity index is 1.99. The molecular formula is C16H16N2O4S. The quantitative estimate of drug-likeness (QED) is 0.555. The number of carboxylic acid groups (broad SMARTS) is 1. The van der Waals surface area contributed by atoms with E-state index in [2.05, 4.69) is 0 Å². The Kier molecular flexibility index (Phi) is 3.69. The van der Waals surface area contributed by atoms with Crippen molar-refractivity contribution in [2.45, 2.75) is 25.5 Å². The van der Waals surface area contributed by atoms with Crippen molar-refractivity contribution in [3.8, 4) is 0 Å². The molecule has 6 nitrogen and oxygen atoms in total. The molecule has 2 aliphatic heterocycles. The summed E-state index contributed by atoms with van der Waals surface area (Å²) in [5.41, 5.74) is 7.56. The average Bonchev–Trinajstić information content (AvgIpc) is 2.82. The van der Waals surface area contributed by atoms with Crippen molar-refractivity contribution in [1.82, 2.24) is 4.90 Å². The van der Waals surface area contributed by atoms with E-state index in [0.717, 1.165) is 0 Å². The predicted octanol–water partition coefficient (Wildman–Crippen LogP) is 0.728. The second kappa shape index (κ2) is 5.43. The van der Waals surface area contributed by atoms with Crippen LogP contribution in [0.15, 0.2) is 30.0 Å². The highest BCUT2D eigenvalue weighted by Gasteiger charge is 2.56. The van der Waals surface area contributed by atoms with Gasteiger partial charge in [0, 0.05) is 5.56 Å². The molecule has 1 aromatic rings. The summed E-state index contributed by atoms with van der Waals surface area (Å²) in [6.45, 7) is 1.55. The minimum absolute atomic E-state index is 0.0000231. The van der Waals surface area contributed by atoms with Crippen LogP contribution in [0.3, 0.4) is 0 Å². The number of β-lactam (4-membered cyclic amide) rings is 1. The molecule has 0 aliphatic carbocycles. The van der Waals surface area contributed by atoms with Crippen LogP contribution in [0.1, 0.15) is 24.5 Å². The van der Waals surface area contributed by atoms with Crippen LogP contribution in [0, 0.1) is 5.92 Å². The van der Waals surface area contributed by atoms with E-state index < -0.39 is 18.0 Å². The Morgan fingerprint density at radius 2 is 2.00 bits per heavy atom. The minimum atomic E-state index is -1.14. The van der Waals surface area contributed by atoms with Crippen molar-refractivity contribution >= 4 is 34.7 Å². The average molecular weight is 332 g/mol. The molecule has 0 radical (unpaired) electrons. The van der Waals surface area contributed by atoms with E-state index in [1.807, 2.05) is 0 Å². The molecule has 3 rings (SSSR count). The molecule has 0 spiro atoms. The van der Waals surface area contributed by atoms with Gasteiger partial charge in [0.15, 0.2) is 0 Å². The first-order valence-corrected chi connectivity index (χ1v) is 7.61. The smallest absolute Gasteiger partial charge is 0.352 e. The number of carbonyl (C=O) groups is 2. The topological polar surface area (TPSA) is 104 Å². The van der Waals surface area contributed by atoms with Crippen LogP contribution in [-0.4, -0.2) is 44.1 Å². The number of thiocarbonyl (C=S) groups is 1. The number of aliphatic carboxylic acids is 1. The van der Waals surface area contributed by atoms with Crippen molar-refractivity contribution in [3.63, 3.8) is 0 Å². The first-order valence-electron chi connectivity index (χ1n) is 7.20. The summed E-state index contributed by atoms with van der Waals surface area (Å²) in [5, 5.41) is 19.2. The number of aliphatic hydroxyl groups is 1. The van der Waals surface area contributed by atoms with Gasteiger partial charge in [0.05, 0.1) is 18.1 Å². The summed E-state index contributed by atoms with van der Waals surface area (Å²) in [4.78, 5) is 25.3. The first-order chi connectivity index (χ1) is 10.8. The Morgan fingerprint density at radius 1 is 1.39 bits per heavy atom. The fourth-order valence-electron chi connectivity index (χ4n) is 3.36. The van der Waals surface area contributed by atoms with Crippen molar-refractivity contribution < 1.29 is 19.8 Å². The maximum Gasteiger partial charge on any atom is 0.352 e. The molecule has 1 amide bonds. The minimum Gasteiger partial charge on any atom is -0.477 e. The largest absolute Gasteiger partial charge is 0.477 e. The van der Waals surface area contributed by atoms with Gasteiger partial charge in [0.25, 0.3) is 0 Å². The van der Waals surface area contributed by atoms with Gasteiger partial charge in [-0.2, -0.15) is 0 Å². The lowest BCUT2D eigenvalue weighted by Crippen LogP contribution is -2.61. The molecule has 120 valence electrons. The van der Waals surface area contributed by atoms with E-state index in [4.69, 9.17) is 18.0 Å². The summed E-state index contributed by atoms with van der Waals surface area (Å²) >= 11 is 4.90. The van der Waals surface area contributed by atoms with Crippen LogP contribution >= 0.6 is 12.2 Å². The fourth-order valence-corrected chi connectivity index (χ4v) is 3.50. The summed E-state index contributed by atoms with van der Waals surface area (Å²) < 4.78 is 0. The molecule has 0 bridgehead atoms. The number of fused-ring (bicyclic) bond motifs is 1. The van der Waals surface area contributed by atoms with Gasteiger partial charge in [-0.1, -0.05) is 36.5 Å². The summed E-state index contributed by atoms with van der Waals surface area (Å²) in [6.07, 6.45) is -0.384. The van der Waals surface area contributed by atoms with Crippen LogP contribution in [0.4, 0.5) is 0 Å². The number of nitrogens with zero attached hydrogens (tertiary/aromatic N) is 1. The molecule has 3 atom stereocenters. The molecule has 4 N–H and O–H groups in total. The lowest BCUT2D eigenvalue weighted by molar-refractivity contribution is -0.161. The monoisotopic (exact) mass is 332 g/mol. The van der Waals surface area contributed by atoms with Crippen LogP contribution in [0.2, 0.25) is 0 Å². The maximum atomic E-state index is 12.2. The summed E-state index contributed by atoms with van der Waals surface area (Å²) in [5.74, 6) is -2.02. The van der Waals surface area contributed by atoms with E-state index in [9.17, 15) is 19.8 Å². The molecule has 23 heavy (non-hydrogen) atoms. The number of hydrogen-bond donors (Lipinski definition) is 3. The summed E-state index contributed by atoms with van der Waals surface area (Å²) in [6, 6.07) is 6.67. The molecule has 1 aromatic carbocycles. The normalized spacial score (nSPS) is 24.3. The van der Waals surface area contributed by atoms with Crippen LogP contribution in [0.5, 0.6) is 0 Å². The van der Waals surface area contributed by atoms with E-state index in [1.165, 1.54) is 4.90 Å². The second-order valence-corrected chi connectivity index (χ2v) is 6.26. The molecule has 1 fully saturated rings. The highest BCUT2D eigenvalue weighted by atomic mass is 32.1. The van der Waals surface area contributed by atoms with Crippen LogP contribution in [0.25, 0.3) is 5.57 Å². The number of carboxylic acids is 1. The van der Waals surface area contributed by atoms with Crippen molar-refractivity contribution in [3.05, 3.63) is 41.1 Å².